The lowest BCUT2D eigenvalue weighted by atomic mass is 10.2. The van der Waals surface area contributed by atoms with Crippen molar-refractivity contribution >= 4 is 89.6 Å². The number of hydrogen-bond acceptors (Lipinski definition) is 2. The van der Waals surface area contributed by atoms with Gasteiger partial charge in [-0.2, -0.15) is 0 Å². The van der Waals surface area contributed by atoms with Crippen molar-refractivity contribution in [2.24, 2.45) is 0 Å². The van der Waals surface area contributed by atoms with Crippen LogP contribution in [0.1, 0.15) is 5.56 Å². The van der Waals surface area contributed by atoms with Gasteiger partial charge < -0.3 is 0 Å². The molecule has 110 valence electrons. The second-order valence-corrected chi connectivity index (χ2v) is 9.22. The van der Waals surface area contributed by atoms with Crippen LogP contribution in [0.25, 0.3) is 6.08 Å². The maximum absolute atomic E-state index is 12.4. The summed E-state index contributed by atoms with van der Waals surface area (Å²) in [5, 5.41) is 0. The Kier molecular flexibility index (Phi) is 5.93. The predicted octanol–water partition coefficient (Wildman–Crippen LogP) is 4.94. The van der Waals surface area contributed by atoms with Crippen LogP contribution in [0.4, 0.5) is 5.69 Å². The highest BCUT2D eigenvalue weighted by atomic mass is 127. The Morgan fingerprint density at radius 1 is 1.00 bits per heavy atom. The number of hydrogen-bond donors (Lipinski definition) is 1. The molecule has 0 aliphatic carbocycles. The zero-order valence-corrected chi connectivity index (χ0v) is 17.9. The quantitative estimate of drug-likeness (QED) is 0.382. The standard InChI is InChI=1S/C14H10I3NO2S/c1-2-9-3-5-10(6-4-9)18-21(19,20)11-7-12(15)14(17)13(16)8-11/h2-8,18H,1H2. The molecule has 2 rings (SSSR count). The van der Waals surface area contributed by atoms with Crippen LogP contribution in [0.2, 0.25) is 0 Å². The minimum absolute atomic E-state index is 0.268. The first-order chi connectivity index (χ1) is 9.83. The molecule has 21 heavy (non-hydrogen) atoms. The smallest absolute Gasteiger partial charge is 0.261 e. The van der Waals surface area contributed by atoms with E-state index in [0.29, 0.717) is 5.69 Å². The molecule has 0 atom stereocenters. The number of benzene rings is 2. The molecule has 0 heterocycles. The van der Waals surface area contributed by atoms with Gasteiger partial charge in [0.15, 0.2) is 0 Å². The van der Waals surface area contributed by atoms with E-state index >= 15 is 0 Å². The molecule has 2 aromatic rings. The molecule has 0 aliphatic heterocycles. The molecule has 0 saturated carbocycles. The van der Waals surface area contributed by atoms with E-state index in [0.717, 1.165) is 16.3 Å². The Morgan fingerprint density at radius 2 is 1.52 bits per heavy atom. The van der Waals surface area contributed by atoms with E-state index in [1.54, 1.807) is 30.3 Å². The van der Waals surface area contributed by atoms with E-state index in [1.807, 2.05) is 12.1 Å². The number of halogens is 3. The third kappa shape index (κ3) is 4.32. The fourth-order valence-corrected chi connectivity index (χ4v) is 5.20. The van der Waals surface area contributed by atoms with Crippen molar-refractivity contribution in [2.75, 3.05) is 4.72 Å². The maximum Gasteiger partial charge on any atom is 0.261 e. The number of anilines is 1. The van der Waals surface area contributed by atoms with Gasteiger partial charge >= 0.3 is 0 Å². The minimum Gasteiger partial charge on any atom is -0.280 e. The van der Waals surface area contributed by atoms with Gasteiger partial charge in [0, 0.05) is 16.4 Å². The largest absolute Gasteiger partial charge is 0.280 e. The average molecular weight is 637 g/mol. The van der Waals surface area contributed by atoms with Crippen LogP contribution in [0, 0.1) is 10.7 Å². The second-order valence-electron chi connectivity index (χ2n) is 4.13. The third-order valence-corrected chi connectivity index (χ3v) is 8.95. The summed E-state index contributed by atoms with van der Waals surface area (Å²) in [6, 6.07) is 10.4. The second kappa shape index (κ2) is 7.13. The summed E-state index contributed by atoms with van der Waals surface area (Å²) < 4.78 is 30.3. The SMILES string of the molecule is C=Cc1ccc(NS(=O)(=O)c2cc(I)c(I)c(I)c2)cc1. The molecule has 7 heteroatoms. The van der Waals surface area contributed by atoms with Crippen molar-refractivity contribution in [3.8, 4) is 0 Å². The Bertz CT molecular complexity index is 763. The summed E-state index contributed by atoms with van der Waals surface area (Å²) in [5.74, 6) is 0. The topological polar surface area (TPSA) is 46.2 Å². The number of nitrogens with one attached hydrogen (secondary N) is 1. The summed E-state index contributed by atoms with van der Waals surface area (Å²) in [6.07, 6.45) is 1.71. The summed E-state index contributed by atoms with van der Waals surface area (Å²) in [6.45, 7) is 3.67. The van der Waals surface area contributed by atoms with Crippen molar-refractivity contribution in [1.82, 2.24) is 0 Å². The van der Waals surface area contributed by atoms with E-state index in [2.05, 4.69) is 79.1 Å². The lowest BCUT2D eigenvalue weighted by Crippen LogP contribution is -2.13. The van der Waals surface area contributed by atoms with Crippen LogP contribution in [0.15, 0.2) is 47.9 Å². The van der Waals surface area contributed by atoms with Gasteiger partial charge in [-0.15, -0.1) is 0 Å². The van der Waals surface area contributed by atoms with E-state index in [-0.39, 0.29) is 4.90 Å². The highest BCUT2D eigenvalue weighted by molar-refractivity contribution is 14.1. The third-order valence-electron chi connectivity index (χ3n) is 2.67. The van der Waals surface area contributed by atoms with Crippen molar-refractivity contribution in [2.45, 2.75) is 4.90 Å². The molecule has 0 spiro atoms. The van der Waals surface area contributed by atoms with Gasteiger partial charge in [-0.05, 0) is 97.6 Å². The maximum atomic E-state index is 12.4. The Hall–Kier alpha value is 0.120. The first kappa shape index (κ1) is 17.5. The first-order valence-corrected chi connectivity index (χ1v) is 10.5. The fourth-order valence-electron chi connectivity index (χ4n) is 1.59. The van der Waals surface area contributed by atoms with Crippen LogP contribution in [-0.2, 0) is 10.0 Å². The molecular weight excluding hydrogens is 627 g/mol. The van der Waals surface area contributed by atoms with Crippen molar-refractivity contribution in [3.63, 3.8) is 0 Å². The van der Waals surface area contributed by atoms with Gasteiger partial charge in [0.2, 0.25) is 0 Å². The van der Waals surface area contributed by atoms with Crippen molar-refractivity contribution in [1.29, 1.82) is 0 Å². The Balaban J connectivity index is 2.35. The normalized spacial score (nSPS) is 11.2. The van der Waals surface area contributed by atoms with Gasteiger partial charge in [0.1, 0.15) is 0 Å². The molecule has 3 nitrogen and oxygen atoms in total. The summed E-state index contributed by atoms with van der Waals surface area (Å²) in [4.78, 5) is 0.268. The number of rotatable bonds is 4. The molecule has 0 bridgehead atoms. The van der Waals surface area contributed by atoms with Crippen LogP contribution in [0.5, 0.6) is 0 Å². The van der Waals surface area contributed by atoms with Crippen molar-refractivity contribution < 1.29 is 8.42 Å². The molecular formula is C14H10I3NO2S. The van der Waals surface area contributed by atoms with Crippen LogP contribution in [0.3, 0.4) is 0 Å². The first-order valence-electron chi connectivity index (χ1n) is 5.73. The molecule has 0 radical (unpaired) electrons. The molecule has 2 aromatic carbocycles. The Labute approximate surface area is 165 Å². The fraction of sp³-hybridized carbons (Fsp3) is 0. The zero-order chi connectivity index (χ0) is 15.6. The van der Waals surface area contributed by atoms with Crippen LogP contribution < -0.4 is 4.72 Å². The van der Waals surface area contributed by atoms with Gasteiger partial charge in [-0.3, -0.25) is 4.72 Å². The van der Waals surface area contributed by atoms with E-state index in [4.69, 9.17) is 0 Å². The lowest BCUT2D eigenvalue weighted by molar-refractivity contribution is 0.601. The van der Waals surface area contributed by atoms with E-state index in [9.17, 15) is 8.42 Å². The summed E-state index contributed by atoms with van der Waals surface area (Å²) in [5.41, 5.74) is 1.47. The molecule has 0 saturated heterocycles. The highest BCUT2D eigenvalue weighted by Gasteiger charge is 2.17. The zero-order valence-electron chi connectivity index (χ0n) is 10.6. The summed E-state index contributed by atoms with van der Waals surface area (Å²) in [7, 11) is -3.58. The molecule has 0 aliphatic rings. The minimum atomic E-state index is -3.58. The highest BCUT2D eigenvalue weighted by Crippen LogP contribution is 2.26. The average Bonchev–Trinajstić information content (AvgIpc) is 2.44. The van der Waals surface area contributed by atoms with Gasteiger partial charge in [0.05, 0.1) is 4.90 Å². The predicted molar refractivity (Wildman–Crippen MR) is 112 cm³/mol. The molecule has 0 amide bonds. The Morgan fingerprint density at radius 3 is 2.00 bits per heavy atom. The van der Waals surface area contributed by atoms with Crippen molar-refractivity contribution in [3.05, 3.63) is 59.3 Å². The van der Waals surface area contributed by atoms with Gasteiger partial charge in [-0.1, -0.05) is 24.8 Å². The molecule has 1 N–H and O–H groups in total. The monoisotopic (exact) mass is 637 g/mol. The van der Waals surface area contributed by atoms with E-state index in [1.165, 1.54) is 0 Å². The van der Waals surface area contributed by atoms with Gasteiger partial charge in [-0.25, -0.2) is 8.42 Å². The van der Waals surface area contributed by atoms with E-state index < -0.39 is 10.0 Å². The van der Waals surface area contributed by atoms with Crippen LogP contribution in [-0.4, -0.2) is 8.42 Å². The molecule has 0 unspecified atom stereocenters. The number of sulfonamides is 1. The molecule has 0 fully saturated rings. The lowest BCUT2D eigenvalue weighted by Gasteiger charge is -2.10. The van der Waals surface area contributed by atoms with Crippen LogP contribution >= 0.6 is 67.8 Å². The summed E-state index contributed by atoms with van der Waals surface area (Å²) >= 11 is 6.49. The molecule has 0 aromatic heterocycles. The van der Waals surface area contributed by atoms with Gasteiger partial charge in [0.25, 0.3) is 10.0 Å².